The second kappa shape index (κ2) is 9.96. The van der Waals surface area contributed by atoms with Crippen molar-refractivity contribution < 1.29 is 28.7 Å². The Balaban J connectivity index is 2.01. The number of benzene rings is 1. The maximum atomic E-state index is 13.1. The molecule has 1 amide bonds. The number of nitro groups is 1. The number of esters is 1. The highest BCUT2D eigenvalue weighted by Crippen LogP contribution is 2.39. The Kier molecular flexibility index (Phi) is 7.31. The highest BCUT2D eigenvalue weighted by molar-refractivity contribution is 7.17. The molecule has 0 saturated carbocycles. The van der Waals surface area contributed by atoms with Gasteiger partial charge in [-0.25, -0.2) is 4.79 Å². The summed E-state index contributed by atoms with van der Waals surface area (Å²) in [5.41, 5.74) is 0.518. The van der Waals surface area contributed by atoms with Crippen molar-refractivity contribution >= 4 is 33.9 Å². The van der Waals surface area contributed by atoms with E-state index in [4.69, 9.17) is 14.2 Å². The summed E-state index contributed by atoms with van der Waals surface area (Å²) in [5.74, 6) is -0.971. The van der Waals surface area contributed by atoms with Gasteiger partial charge in [-0.15, -0.1) is 11.3 Å². The number of ether oxygens (including phenoxy) is 3. The van der Waals surface area contributed by atoms with Gasteiger partial charge in [-0.05, 0) is 24.9 Å². The third-order valence-electron chi connectivity index (χ3n) is 5.24. The number of nitrogens with zero attached hydrogens (tertiary/aromatic N) is 2. The first-order valence-corrected chi connectivity index (χ1v) is 10.8. The molecule has 11 heteroatoms. The molecule has 0 saturated heterocycles. The zero-order valence-electron chi connectivity index (χ0n) is 18.4. The average Bonchev–Trinajstić information content (AvgIpc) is 3.14. The minimum Gasteiger partial charge on any atom is -0.493 e. The zero-order chi connectivity index (χ0) is 23.4. The molecule has 32 heavy (non-hydrogen) atoms. The van der Waals surface area contributed by atoms with Crippen molar-refractivity contribution in [2.24, 2.45) is 0 Å². The summed E-state index contributed by atoms with van der Waals surface area (Å²) >= 11 is 1.29. The lowest BCUT2D eigenvalue weighted by Crippen LogP contribution is -2.30. The fourth-order valence-corrected chi connectivity index (χ4v) is 5.01. The summed E-state index contributed by atoms with van der Waals surface area (Å²) in [7, 11) is 4.00. The van der Waals surface area contributed by atoms with Crippen LogP contribution in [0.1, 0.15) is 44.5 Å². The van der Waals surface area contributed by atoms with Gasteiger partial charge in [0.1, 0.15) is 10.6 Å². The molecule has 0 aliphatic carbocycles. The summed E-state index contributed by atoms with van der Waals surface area (Å²) in [6.07, 6.45) is 1.67. The van der Waals surface area contributed by atoms with Crippen LogP contribution in [0.4, 0.5) is 10.7 Å². The van der Waals surface area contributed by atoms with E-state index in [1.807, 2.05) is 0 Å². The van der Waals surface area contributed by atoms with Crippen molar-refractivity contribution in [3.63, 3.8) is 0 Å². The van der Waals surface area contributed by atoms with E-state index >= 15 is 0 Å². The third-order valence-corrected chi connectivity index (χ3v) is 6.37. The molecule has 2 aromatic rings. The molecular weight excluding hydrogens is 438 g/mol. The van der Waals surface area contributed by atoms with Crippen LogP contribution in [-0.2, 0) is 17.7 Å². The summed E-state index contributed by atoms with van der Waals surface area (Å²) < 4.78 is 15.2. The second-order valence-corrected chi connectivity index (χ2v) is 8.27. The first-order chi connectivity index (χ1) is 15.3. The summed E-state index contributed by atoms with van der Waals surface area (Å²) in [5, 5.41) is 14.6. The molecule has 1 aliphatic heterocycles. The molecular formula is C21H25N3O7S. The molecule has 0 atom stereocenters. The molecule has 0 radical (unpaired) electrons. The number of nitrogens with one attached hydrogen (secondary N) is 1. The van der Waals surface area contributed by atoms with Crippen molar-refractivity contribution in [3.05, 3.63) is 43.8 Å². The number of carbonyl (C=O) groups excluding carboxylic acids is 2. The minimum absolute atomic E-state index is 0.133. The van der Waals surface area contributed by atoms with Gasteiger partial charge in [-0.1, -0.05) is 6.92 Å². The van der Waals surface area contributed by atoms with Gasteiger partial charge in [0.2, 0.25) is 0 Å². The van der Waals surface area contributed by atoms with Crippen LogP contribution in [0, 0.1) is 10.1 Å². The number of amides is 1. The van der Waals surface area contributed by atoms with Gasteiger partial charge >= 0.3 is 5.97 Å². The molecule has 0 unspecified atom stereocenters. The molecule has 3 rings (SSSR count). The largest absolute Gasteiger partial charge is 0.493 e. The number of thiophene rings is 1. The normalized spacial score (nSPS) is 13.2. The average molecular weight is 464 g/mol. The number of nitro benzene ring substituents is 1. The number of rotatable bonds is 8. The van der Waals surface area contributed by atoms with Gasteiger partial charge in [0.05, 0.1) is 37.9 Å². The standard InChI is InChI=1S/C21H25N3O7S/c1-5-7-23-8-6-12-17(11-23)32-20(18(12)21(26)31-4)22-19(25)13-9-15(29-2)16(30-3)10-14(13)24(27)28/h9-10H,5-8,11H2,1-4H3,(H,22,25). The third kappa shape index (κ3) is 4.53. The van der Waals surface area contributed by atoms with Crippen LogP contribution in [0.15, 0.2) is 12.1 Å². The number of hydrogen-bond donors (Lipinski definition) is 1. The highest BCUT2D eigenvalue weighted by Gasteiger charge is 2.31. The minimum atomic E-state index is -0.730. The lowest BCUT2D eigenvalue weighted by Gasteiger charge is -2.26. The maximum absolute atomic E-state index is 13.1. The van der Waals surface area contributed by atoms with Crippen molar-refractivity contribution in [2.45, 2.75) is 26.3 Å². The van der Waals surface area contributed by atoms with Crippen LogP contribution in [0.2, 0.25) is 0 Å². The first-order valence-electron chi connectivity index (χ1n) is 10.0. The molecule has 1 aromatic heterocycles. The number of methoxy groups -OCH3 is 3. The van der Waals surface area contributed by atoms with Crippen LogP contribution < -0.4 is 14.8 Å². The van der Waals surface area contributed by atoms with Crippen LogP contribution in [-0.4, -0.2) is 56.1 Å². The number of fused-ring (bicyclic) bond motifs is 1. The van der Waals surface area contributed by atoms with Crippen molar-refractivity contribution in [1.29, 1.82) is 0 Å². The van der Waals surface area contributed by atoms with E-state index in [0.717, 1.165) is 36.0 Å². The van der Waals surface area contributed by atoms with Crippen molar-refractivity contribution in [1.82, 2.24) is 4.90 Å². The fraction of sp³-hybridized carbons (Fsp3) is 0.429. The van der Waals surface area contributed by atoms with Gasteiger partial charge in [0, 0.05) is 24.0 Å². The van der Waals surface area contributed by atoms with Crippen molar-refractivity contribution in [2.75, 3.05) is 39.7 Å². The SMILES string of the molecule is CCCN1CCc2c(sc(NC(=O)c3cc(OC)c(OC)cc3[N+](=O)[O-])c2C(=O)OC)C1. The van der Waals surface area contributed by atoms with Gasteiger partial charge in [-0.3, -0.25) is 19.8 Å². The predicted octanol–water partition coefficient (Wildman–Crippen LogP) is 3.48. The summed E-state index contributed by atoms with van der Waals surface area (Å²) in [6, 6.07) is 2.39. The molecule has 1 N–H and O–H groups in total. The molecule has 2 heterocycles. The van der Waals surface area contributed by atoms with Crippen LogP contribution in [0.5, 0.6) is 11.5 Å². The van der Waals surface area contributed by atoms with Gasteiger partial charge in [0.15, 0.2) is 11.5 Å². The van der Waals surface area contributed by atoms with E-state index in [-0.39, 0.29) is 17.1 Å². The van der Waals surface area contributed by atoms with Gasteiger partial charge in [0.25, 0.3) is 11.6 Å². The lowest BCUT2D eigenvalue weighted by atomic mass is 10.0. The quantitative estimate of drug-likeness (QED) is 0.359. The Morgan fingerprint density at radius 3 is 2.50 bits per heavy atom. The Morgan fingerprint density at radius 2 is 1.91 bits per heavy atom. The molecule has 0 spiro atoms. The zero-order valence-corrected chi connectivity index (χ0v) is 19.2. The molecule has 172 valence electrons. The van der Waals surface area contributed by atoms with Crippen molar-refractivity contribution in [3.8, 4) is 11.5 Å². The van der Waals surface area contributed by atoms with Crippen LogP contribution in [0.3, 0.4) is 0 Å². The van der Waals surface area contributed by atoms with E-state index in [9.17, 15) is 19.7 Å². The predicted molar refractivity (Wildman–Crippen MR) is 119 cm³/mol. The highest BCUT2D eigenvalue weighted by atomic mass is 32.1. The molecule has 1 aromatic carbocycles. The van der Waals surface area contributed by atoms with Crippen LogP contribution >= 0.6 is 11.3 Å². The number of hydrogen-bond acceptors (Lipinski definition) is 9. The monoisotopic (exact) mass is 463 g/mol. The lowest BCUT2D eigenvalue weighted by molar-refractivity contribution is -0.385. The van der Waals surface area contributed by atoms with E-state index < -0.39 is 22.5 Å². The number of anilines is 1. The van der Waals surface area contributed by atoms with E-state index in [1.54, 1.807) is 0 Å². The Bertz CT molecular complexity index is 1050. The van der Waals surface area contributed by atoms with E-state index in [2.05, 4.69) is 17.1 Å². The number of carbonyl (C=O) groups is 2. The molecule has 0 bridgehead atoms. The first kappa shape index (κ1) is 23.5. The molecule has 1 aliphatic rings. The Morgan fingerprint density at radius 1 is 1.22 bits per heavy atom. The second-order valence-electron chi connectivity index (χ2n) is 7.16. The topological polar surface area (TPSA) is 120 Å². The van der Waals surface area contributed by atoms with Gasteiger partial charge in [-0.2, -0.15) is 0 Å². The van der Waals surface area contributed by atoms with E-state index in [1.165, 1.54) is 38.7 Å². The van der Waals surface area contributed by atoms with Gasteiger partial charge < -0.3 is 19.5 Å². The van der Waals surface area contributed by atoms with E-state index in [0.29, 0.717) is 23.5 Å². The van der Waals surface area contributed by atoms with Crippen LogP contribution in [0.25, 0.3) is 0 Å². The Labute approximate surface area is 189 Å². The molecule has 10 nitrogen and oxygen atoms in total. The smallest absolute Gasteiger partial charge is 0.341 e. The fourth-order valence-electron chi connectivity index (χ4n) is 3.74. The summed E-state index contributed by atoms with van der Waals surface area (Å²) in [6.45, 7) is 4.51. The maximum Gasteiger partial charge on any atom is 0.341 e. The molecule has 0 fully saturated rings. The summed E-state index contributed by atoms with van der Waals surface area (Å²) in [4.78, 5) is 39.8. The Hall–Kier alpha value is -3.18.